The predicted molar refractivity (Wildman–Crippen MR) is 203 cm³/mol. The number of aromatic amines is 1. The number of anilines is 1. The number of aryl methyl sites for hydroxylation is 1. The zero-order valence-electron chi connectivity index (χ0n) is 30.4. The number of carbonyl (C=O) groups is 1. The second-order valence-corrected chi connectivity index (χ2v) is 16.1. The van der Waals surface area contributed by atoms with E-state index >= 15 is 0 Å². The van der Waals surface area contributed by atoms with Crippen molar-refractivity contribution in [2.45, 2.75) is 105 Å². The van der Waals surface area contributed by atoms with E-state index in [1.165, 1.54) is 27.8 Å². The number of rotatable bonds is 16. The first-order valence-corrected chi connectivity index (χ1v) is 19.4. The van der Waals surface area contributed by atoms with Gasteiger partial charge in [-0.3, -0.25) is 9.52 Å². The molecule has 0 saturated carbocycles. The SMILES string of the molecule is CC(C)c1cc(-c2[nH]c3ccc(C(=O)N(C(C)C)C(C)C)cc3c2CCNCCCCc2ccc(NS(C)(=O)=O)cc2)cc(C(C)C)c1. The summed E-state index contributed by atoms with van der Waals surface area (Å²) in [5.74, 6) is 0.904. The third-order valence-corrected chi connectivity index (χ3v) is 9.58. The summed E-state index contributed by atoms with van der Waals surface area (Å²) in [6, 6.07) is 21.0. The van der Waals surface area contributed by atoms with Gasteiger partial charge in [0.15, 0.2) is 0 Å². The summed E-state index contributed by atoms with van der Waals surface area (Å²) in [6.45, 7) is 19.0. The van der Waals surface area contributed by atoms with Gasteiger partial charge in [0, 0.05) is 39.9 Å². The molecule has 0 spiro atoms. The lowest BCUT2D eigenvalue weighted by atomic mass is 9.91. The number of H-pyrrole nitrogens is 1. The number of nitrogens with one attached hydrogen (secondary N) is 3. The summed E-state index contributed by atoms with van der Waals surface area (Å²) in [5.41, 5.74) is 9.81. The molecule has 0 bridgehead atoms. The van der Waals surface area contributed by atoms with Gasteiger partial charge in [0.25, 0.3) is 5.91 Å². The molecule has 1 aromatic heterocycles. The summed E-state index contributed by atoms with van der Waals surface area (Å²) >= 11 is 0. The van der Waals surface area contributed by atoms with Crippen molar-refractivity contribution in [3.8, 4) is 11.3 Å². The van der Waals surface area contributed by atoms with Crippen molar-refractivity contribution in [1.82, 2.24) is 15.2 Å². The number of sulfonamides is 1. The summed E-state index contributed by atoms with van der Waals surface area (Å²) in [6.07, 6.45) is 5.02. The van der Waals surface area contributed by atoms with E-state index < -0.39 is 10.0 Å². The minimum Gasteiger partial charge on any atom is -0.354 e. The lowest BCUT2D eigenvalue weighted by Crippen LogP contribution is -2.42. The van der Waals surface area contributed by atoms with E-state index in [-0.39, 0.29) is 18.0 Å². The first-order valence-electron chi connectivity index (χ1n) is 17.5. The van der Waals surface area contributed by atoms with Gasteiger partial charge in [-0.1, -0.05) is 45.9 Å². The number of aromatic nitrogens is 1. The molecule has 0 aliphatic heterocycles. The fourth-order valence-corrected chi connectivity index (χ4v) is 7.02. The number of nitrogens with zero attached hydrogens (tertiary/aromatic N) is 1. The second kappa shape index (κ2) is 16.2. The smallest absolute Gasteiger partial charge is 0.254 e. The number of fused-ring (bicyclic) bond motifs is 1. The van der Waals surface area contributed by atoms with Crippen LogP contribution in [-0.4, -0.2) is 55.6 Å². The molecule has 1 amide bonds. The van der Waals surface area contributed by atoms with Crippen LogP contribution in [0.5, 0.6) is 0 Å². The molecule has 1 heterocycles. The molecule has 8 heteroatoms. The van der Waals surface area contributed by atoms with Crippen molar-refractivity contribution >= 4 is 32.5 Å². The Hall–Kier alpha value is -3.62. The van der Waals surface area contributed by atoms with Gasteiger partial charge in [-0.2, -0.15) is 0 Å². The third kappa shape index (κ3) is 9.73. The number of benzene rings is 3. The van der Waals surface area contributed by atoms with Crippen molar-refractivity contribution in [3.05, 3.63) is 88.5 Å². The fourth-order valence-electron chi connectivity index (χ4n) is 6.46. The summed E-state index contributed by atoms with van der Waals surface area (Å²) in [7, 11) is -3.27. The van der Waals surface area contributed by atoms with Crippen molar-refractivity contribution in [1.29, 1.82) is 0 Å². The van der Waals surface area contributed by atoms with Gasteiger partial charge in [-0.15, -0.1) is 0 Å². The maximum absolute atomic E-state index is 13.7. The van der Waals surface area contributed by atoms with Crippen LogP contribution in [0.25, 0.3) is 22.2 Å². The molecule has 0 unspecified atom stereocenters. The molecule has 4 rings (SSSR count). The standard InChI is InChI=1S/C40H56N4O3S/c1-26(2)32-22-33(27(3)4)24-34(23-32)39-36(37-25-31(15-18-38(37)42-39)40(45)44(28(5)6)29(7)8)19-21-41-20-11-10-12-30-13-16-35(17-14-30)43-48(9,46)47/h13-18,22-29,41-43H,10-12,19-21H2,1-9H3. The average molecular weight is 673 g/mol. The lowest BCUT2D eigenvalue weighted by molar-refractivity contribution is 0.0644. The van der Waals surface area contributed by atoms with Crippen LogP contribution in [0.15, 0.2) is 60.7 Å². The molecule has 0 saturated heterocycles. The van der Waals surface area contributed by atoms with Gasteiger partial charge in [-0.05, 0) is 149 Å². The molecule has 260 valence electrons. The van der Waals surface area contributed by atoms with Gasteiger partial charge in [0.2, 0.25) is 10.0 Å². The van der Waals surface area contributed by atoms with Gasteiger partial charge in [0.05, 0.1) is 6.26 Å². The molecular weight excluding hydrogens is 617 g/mol. The highest BCUT2D eigenvalue weighted by Crippen LogP contribution is 2.35. The molecule has 0 atom stereocenters. The lowest BCUT2D eigenvalue weighted by Gasteiger charge is -2.30. The fraction of sp³-hybridized carbons (Fsp3) is 0.475. The highest BCUT2D eigenvalue weighted by atomic mass is 32.2. The Morgan fingerprint density at radius 2 is 1.40 bits per heavy atom. The summed E-state index contributed by atoms with van der Waals surface area (Å²) in [4.78, 5) is 19.4. The van der Waals surface area contributed by atoms with Gasteiger partial charge in [0.1, 0.15) is 0 Å². The Kier molecular flexibility index (Phi) is 12.5. The maximum atomic E-state index is 13.7. The van der Waals surface area contributed by atoms with Gasteiger partial charge in [-0.25, -0.2) is 8.42 Å². The molecule has 3 aromatic carbocycles. The maximum Gasteiger partial charge on any atom is 0.254 e. The van der Waals surface area contributed by atoms with E-state index in [0.717, 1.165) is 67.2 Å². The molecule has 0 aliphatic carbocycles. The first-order chi connectivity index (χ1) is 22.6. The van der Waals surface area contributed by atoms with Crippen LogP contribution in [0.2, 0.25) is 0 Å². The van der Waals surface area contributed by atoms with E-state index in [1.54, 1.807) is 0 Å². The van der Waals surface area contributed by atoms with Crippen LogP contribution in [0.3, 0.4) is 0 Å². The van der Waals surface area contributed by atoms with E-state index in [0.29, 0.717) is 17.5 Å². The Morgan fingerprint density at radius 3 is 1.96 bits per heavy atom. The summed E-state index contributed by atoms with van der Waals surface area (Å²) < 4.78 is 25.4. The molecule has 0 fully saturated rings. The van der Waals surface area contributed by atoms with Crippen LogP contribution in [0, 0.1) is 0 Å². The zero-order chi connectivity index (χ0) is 35.2. The van der Waals surface area contributed by atoms with E-state index in [1.807, 2.05) is 35.2 Å². The third-order valence-electron chi connectivity index (χ3n) is 8.98. The van der Waals surface area contributed by atoms with Gasteiger partial charge < -0.3 is 15.2 Å². The highest BCUT2D eigenvalue weighted by Gasteiger charge is 2.23. The number of hydrogen-bond donors (Lipinski definition) is 3. The van der Waals surface area contributed by atoms with Crippen molar-refractivity contribution in [3.63, 3.8) is 0 Å². The van der Waals surface area contributed by atoms with E-state index in [4.69, 9.17) is 0 Å². The molecule has 48 heavy (non-hydrogen) atoms. The van der Waals surface area contributed by atoms with Gasteiger partial charge >= 0.3 is 0 Å². The first kappa shape index (κ1) is 37.2. The Balaban J connectivity index is 1.53. The van der Waals surface area contributed by atoms with Crippen LogP contribution in [0.4, 0.5) is 5.69 Å². The minimum absolute atomic E-state index is 0.0684. The number of carbonyl (C=O) groups excluding carboxylic acids is 1. The Bertz CT molecular complexity index is 1750. The Morgan fingerprint density at radius 1 is 0.771 bits per heavy atom. The zero-order valence-corrected chi connectivity index (χ0v) is 31.2. The highest BCUT2D eigenvalue weighted by molar-refractivity contribution is 7.92. The topological polar surface area (TPSA) is 94.3 Å². The number of hydrogen-bond acceptors (Lipinski definition) is 4. The Labute approximate surface area is 289 Å². The number of amides is 1. The van der Waals surface area contributed by atoms with Crippen LogP contribution < -0.4 is 10.0 Å². The summed E-state index contributed by atoms with van der Waals surface area (Å²) in [5, 5.41) is 4.78. The minimum atomic E-state index is -3.27. The number of unbranched alkanes of at least 4 members (excludes halogenated alkanes) is 1. The monoisotopic (exact) mass is 672 g/mol. The van der Waals surface area contributed by atoms with Crippen LogP contribution >= 0.6 is 0 Å². The molecular formula is C40H56N4O3S. The molecule has 0 radical (unpaired) electrons. The quantitative estimate of drug-likeness (QED) is 0.104. The van der Waals surface area contributed by atoms with Crippen molar-refractivity contribution in [2.24, 2.45) is 0 Å². The van der Waals surface area contributed by atoms with E-state index in [2.05, 4.69) is 101 Å². The second-order valence-electron chi connectivity index (χ2n) is 14.4. The molecule has 7 nitrogen and oxygen atoms in total. The molecule has 3 N–H and O–H groups in total. The normalized spacial score (nSPS) is 12.2. The van der Waals surface area contributed by atoms with Crippen molar-refractivity contribution in [2.75, 3.05) is 24.1 Å². The molecule has 4 aromatic rings. The largest absolute Gasteiger partial charge is 0.354 e. The van der Waals surface area contributed by atoms with Crippen LogP contribution in [0.1, 0.15) is 113 Å². The predicted octanol–water partition coefficient (Wildman–Crippen LogP) is 8.87. The average Bonchev–Trinajstić information content (AvgIpc) is 3.37. The molecule has 0 aliphatic rings. The van der Waals surface area contributed by atoms with Crippen LogP contribution in [-0.2, 0) is 22.9 Å². The van der Waals surface area contributed by atoms with Crippen molar-refractivity contribution < 1.29 is 13.2 Å². The van der Waals surface area contributed by atoms with E-state index in [9.17, 15) is 13.2 Å².